The fourth-order valence-corrected chi connectivity index (χ4v) is 3.93. The van der Waals surface area contributed by atoms with Gasteiger partial charge in [0, 0.05) is 37.5 Å². The van der Waals surface area contributed by atoms with Crippen LogP contribution in [0.15, 0.2) is 47.1 Å². The van der Waals surface area contributed by atoms with Crippen LogP contribution < -0.4 is 0 Å². The predicted molar refractivity (Wildman–Crippen MR) is 110 cm³/mol. The maximum absolute atomic E-state index is 14.1. The first-order chi connectivity index (χ1) is 15.0. The normalized spacial score (nSPS) is 13.3. The van der Waals surface area contributed by atoms with E-state index in [2.05, 4.69) is 20.2 Å². The second-order valence-electron chi connectivity index (χ2n) is 7.12. The standard InChI is InChI=1S/C21H16ClFN6O2/c1-28-16-8-10-29(21(30)13-6-4-9-24-18(13)22)11-14(16)17(26-28)20-25-19(27-31-20)12-5-2-3-7-15(12)23/h2-7,9H,8,10-11H2,1H3. The van der Waals surface area contributed by atoms with Crippen molar-refractivity contribution in [2.45, 2.75) is 13.0 Å². The van der Waals surface area contributed by atoms with Gasteiger partial charge in [0.25, 0.3) is 11.8 Å². The van der Waals surface area contributed by atoms with E-state index in [1.807, 2.05) is 7.05 Å². The highest BCUT2D eigenvalue weighted by molar-refractivity contribution is 6.32. The average molecular weight is 439 g/mol. The van der Waals surface area contributed by atoms with Gasteiger partial charge in [-0.15, -0.1) is 0 Å². The summed E-state index contributed by atoms with van der Waals surface area (Å²) in [6.07, 6.45) is 2.14. The summed E-state index contributed by atoms with van der Waals surface area (Å²) in [7, 11) is 1.83. The van der Waals surface area contributed by atoms with Crippen molar-refractivity contribution in [3.05, 3.63) is 70.4 Å². The Morgan fingerprint density at radius 3 is 2.87 bits per heavy atom. The molecule has 0 saturated carbocycles. The van der Waals surface area contributed by atoms with Crippen molar-refractivity contribution in [2.75, 3.05) is 6.54 Å². The topological polar surface area (TPSA) is 89.9 Å². The molecule has 1 aliphatic rings. The van der Waals surface area contributed by atoms with E-state index in [0.717, 1.165) is 11.3 Å². The fourth-order valence-electron chi connectivity index (χ4n) is 3.73. The molecule has 3 aromatic heterocycles. The Morgan fingerprint density at radius 2 is 2.06 bits per heavy atom. The number of benzene rings is 1. The summed E-state index contributed by atoms with van der Waals surface area (Å²) in [5.41, 5.74) is 2.85. The van der Waals surface area contributed by atoms with E-state index in [1.165, 1.54) is 12.3 Å². The zero-order chi connectivity index (χ0) is 21.5. The Bertz CT molecular complexity index is 1300. The van der Waals surface area contributed by atoms with Gasteiger partial charge >= 0.3 is 0 Å². The number of fused-ring (bicyclic) bond motifs is 1. The van der Waals surface area contributed by atoms with Crippen LogP contribution in [0.25, 0.3) is 23.0 Å². The zero-order valence-corrected chi connectivity index (χ0v) is 17.2. The van der Waals surface area contributed by atoms with E-state index in [-0.39, 0.29) is 28.3 Å². The second kappa shape index (κ2) is 7.59. The first-order valence-corrected chi connectivity index (χ1v) is 9.94. The zero-order valence-electron chi connectivity index (χ0n) is 16.4. The predicted octanol–water partition coefficient (Wildman–Crippen LogP) is 3.52. The Labute approximate surface area is 181 Å². The van der Waals surface area contributed by atoms with Gasteiger partial charge < -0.3 is 9.42 Å². The molecular formula is C21H16ClFN6O2. The lowest BCUT2D eigenvalue weighted by atomic mass is 10.0. The summed E-state index contributed by atoms with van der Waals surface area (Å²) in [5.74, 6) is -0.346. The van der Waals surface area contributed by atoms with Crippen molar-refractivity contribution in [2.24, 2.45) is 7.05 Å². The molecule has 0 radical (unpaired) electrons. The third-order valence-corrected chi connectivity index (χ3v) is 5.56. The molecule has 0 aliphatic carbocycles. The van der Waals surface area contributed by atoms with Crippen molar-refractivity contribution < 1.29 is 13.7 Å². The SMILES string of the molecule is Cn1nc(-c2nc(-c3ccccc3F)no2)c2c1CCN(C(=O)c1cccnc1Cl)C2. The van der Waals surface area contributed by atoms with E-state index < -0.39 is 5.82 Å². The Morgan fingerprint density at radius 1 is 1.23 bits per heavy atom. The third-order valence-electron chi connectivity index (χ3n) is 5.26. The molecule has 0 atom stereocenters. The van der Waals surface area contributed by atoms with Gasteiger partial charge in [-0.05, 0) is 24.3 Å². The lowest BCUT2D eigenvalue weighted by Crippen LogP contribution is -2.36. The molecule has 0 N–H and O–H groups in total. The van der Waals surface area contributed by atoms with Crippen LogP contribution in [0.2, 0.25) is 5.15 Å². The molecule has 156 valence electrons. The number of halogens is 2. The highest BCUT2D eigenvalue weighted by atomic mass is 35.5. The number of hydrogen-bond donors (Lipinski definition) is 0. The third kappa shape index (κ3) is 3.36. The fraction of sp³-hybridized carbons (Fsp3) is 0.190. The number of amides is 1. The van der Waals surface area contributed by atoms with Crippen molar-refractivity contribution in [3.63, 3.8) is 0 Å². The van der Waals surface area contributed by atoms with Gasteiger partial charge in [-0.3, -0.25) is 9.48 Å². The summed E-state index contributed by atoms with van der Waals surface area (Å²) in [6, 6.07) is 9.53. The molecule has 31 heavy (non-hydrogen) atoms. The van der Waals surface area contributed by atoms with Gasteiger partial charge in [0.05, 0.1) is 17.7 Å². The van der Waals surface area contributed by atoms with E-state index >= 15 is 0 Å². The Balaban J connectivity index is 1.49. The molecule has 1 aliphatic heterocycles. The lowest BCUT2D eigenvalue weighted by Gasteiger charge is -2.27. The minimum atomic E-state index is -0.442. The first kappa shape index (κ1) is 19.4. The van der Waals surface area contributed by atoms with Gasteiger partial charge in [0.15, 0.2) is 5.69 Å². The molecule has 10 heteroatoms. The van der Waals surface area contributed by atoms with Crippen LogP contribution >= 0.6 is 11.6 Å². The van der Waals surface area contributed by atoms with Crippen molar-refractivity contribution in [1.29, 1.82) is 0 Å². The molecule has 1 aromatic carbocycles. The van der Waals surface area contributed by atoms with E-state index in [4.69, 9.17) is 16.1 Å². The van der Waals surface area contributed by atoms with Crippen molar-refractivity contribution in [1.82, 2.24) is 29.8 Å². The van der Waals surface area contributed by atoms with Gasteiger partial charge in [0.1, 0.15) is 11.0 Å². The molecule has 0 fully saturated rings. The minimum absolute atomic E-state index is 0.137. The Hall–Kier alpha value is -3.59. The molecule has 4 heterocycles. The first-order valence-electron chi connectivity index (χ1n) is 9.56. The largest absolute Gasteiger partial charge is 0.334 e. The number of carbonyl (C=O) groups is 1. The van der Waals surface area contributed by atoms with Gasteiger partial charge in [-0.1, -0.05) is 28.9 Å². The van der Waals surface area contributed by atoms with Crippen LogP contribution in [0.3, 0.4) is 0 Å². The summed E-state index contributed by atoms with van der Waals surface area (Å²) in [5, 5.41) is 8.60. The van der Waals surface area contributed by atoms with Gasteiger partial charge in [-0.2, -0.15) is 10.1 Å². The number of rotatable bonds is 3. The van der Waals surface area contributed by atoms with Crippen LogP contribution in [0.4, 0.5) is 4.39 Å². The molecule has 0 bridgehead atoms. The number of carbonyl (C=O) groups excluding carboxylic acids is 1. The maximum atomic E-state index is 14.1. The van der Waals surface area contributed by atoms with Crippen LogP contribution in [-0.4, -0.2) is 42.3 Å². The summed E-state index contributed by atoms with van der Waals surface area (Å²) in [4.78, 5) is 23.0. The average Bonchev–Trinajstić information content (AvgIpc) is 3.38. The molecule has 0 spiro atoms. The van der Waals surface area contributed by atoms with Crippen LogP contribution in [0.1, 0.15) is 21.6 Å². The van der Waals surface area contributed by atoms with Crippen LogP contribution in [-0.2, 0) is 20.0 Å². The maximum Gasteiger partial charge on any atom is 0.279 e. The number of nitrogens with zero attached hydrogens (tertiary/aromatic N) is 6. The van der Waals surface area contributed by atoms with Crippen LogP contribution in [0, 0.1) is 5.82 Å². The molecule has 0 unspecified atom stereocenters. The lowest BCUT2D eigenvalue weighted by molar-refractivity contribution is 0.0733. The summed E-state index contributed by atoms with van der Waals surface area (Å²) in [6.45, 7) is 0.820. The van der Waals surface area contributed by atoms with Crippen molar-refractivity contribution in [3.8, 4) is 23.0 Å². The molecular weight excluding hydrogens is 423 g/mol. The van der Waals surface area contributed by atoms with Crippen LogP contribution in [0.5, 0.6) is 0 Å². The molecule has 0 saturated heterocycles. The van der Waals surface area contributed by atoms with E-state index in [9.17, 15) is 9.18 Å². The van der Waals surface area contributed by atoms with E-state index in [0.29, 0.717) is 30.8 Å². The highest BCUT2D eigenvalue weighted by Crippen LogP contribution is 2.31. The Kier molecular flexibility index (Phi) is 4.74. The smallest absolute Gasteiger partial charge is 0.279 e. The minimum Gasteiger partial charge on any atom is -0.334 e. The number of aryl methyl sites for hydroxylation is 1. The molecule has 5 rings (SSSR count). The molecule has 1 amide bonds. The molecule has 8 nitrogen and oxygen atoms in total. The van der Waals surface area contributed by atoms with Gasteiger partial charge in [0.2, 0.25) is 5.82 Å². The number of pyridine rings is 1. The monoisotopic (exact) mass is 438 g/mol. The van der Waals surface area contributed by atoms with E-state index in [1.54, 1.807) is 39.9 Å². The number of hydrogen-bond acceptors (Lipinski definition) is 6. The quantitative estimate of drug-likeness (QED) is 0.454. The van der Waals surface area contributed by atoms with Gasteiger partial charge in [-0.25, -0.2) is 9.37 Å². The number of aromatic nitrogens is 5. The second-order valence-corrected chi connectivity index (χ2v) is 7.48. The summed E-state index contributed by atoms with van der Waals surface area (Å²) >= 11 is 6.10. The summed E-state index contributed by atoms with van der Waals surface area (Å²) < 4.78 is 21.2. The molecule has 4 aromatic rings. The van der Waals surface area contributed by atoms with Crippen molar-refractivity contribution >= 4 is 17.5 Å². The highest BCUT2D eigenvalue weighted by Gasteiger charge is 2.30.